The summed E-state index contributed by atoms with van der Waals surface area (Å²) in [6.45, 7) is 8.05. The Morgan fingerprint density at radius 1 is 1.15 bits per heavy atom. The molecule has 142 valence electrons. The number of thioether (sulfide) groups is 1. The number of aromatic nitrogens is 4. The van der Waals surface area contributed by atoms with Crippen molar-refractivity contribution in [3.05, 3.63) is 42.6 Å². The molecule has 0 N–H and O–H groups in total. The van der Waals surface area contributed by atoms with Gasteiger partial charge in [-0.2, -0.15) is 5.10 Å². The van der Waals surface area contributed by atoms with Crippen LogP contribution in [-0.2, 0) is 4.79 Å². The summed E-state index contributed by atoms with van der Waals surface area (Å²) in [7, 11) is 0. The van der Waals surface area contributed by atoms with Crippen LogP contribution < -0.4 is 0 Å². The third-order valence-electron chi connectivity index (χ3n) is 4.13. The minimum atomic E-state index is -0.306. The predicted molar refractivity (Wildman–Crippen MR) is 104 cm³/mol. The van der Waals surface area contributed by atoms with Crippen molar-refractivity contribution in [3.63, 3.8) is 0 Å². The van der Waals surface area contributed by atoms with Gasteiger partial charge in [-0.25, -0.2) is 19.0 Å². The van der Waals surface area contributed by atoms with Crippen molar-refractivity contribution in [1.82, 2.24) is 24.6 Å². The maximum Gasteiger partial charge on any atom is 0.233 e. The molecule has 1 amide bonds. The zero-order valence-electron chi connectivity index (χ0n) is 15.8. The van der Waals surface area contributed by atoms with Crippen LogP contribution >= 0.6 is 11.8 Å². The first kappa shape index (κ1) is 19.3. The summed E-state index contributed by atoms with van der Waals surface area (Å²) in [5.74, 6) is 0.0617. The summed E-state index contributed by atoms with van der Waals surface area (Å²) in [6, 6.07) is 6.33. The van der Waals surface area contributed by atoms with Crippen LogP contribution in [0.25, 0.3) is 16.7 Å². The molecule has 8 heteroatoms. The highest BCUT2D eigenvalue weighted by Gasteiger charge is 2.21. The van der Waals surface area contributed by atoms with Gasteiger partial charge in [0.05, 0.1) is 23.0 Å². The normalized spacial score (nSPS) is 11.5. The molecule has 6 nitrogen and oxygen atoms in total. The van der Waals surface area contributed by atoms with Crippen molar-refractivity contribution >= 4 is 28.7 Å². The van der Waals surface area contributed by atoms with Crippen molar-refractivity contribution in [2.75, 3.05) is 5.75 Å². The Balaban J connectivity index is 1.84. The molecular weight excluding hydrogens is 365 g/mol. The molecule has 2 heterocycles. The van der Waals surface area contributed by atoms with E-state index in [9.17, 15) is 9.18 Å². The molecule has 0 bridgehead atoms. The first-order chi connectivity index (χ1) is 12.9. The SMILES string of the molecule is CC(C)N(C(=O)CSc1ncnc2c1cnn2-c1ccc(F)cc1)C(C)C. The van der Waals surface area contributed by atoms with Gasteiger partial charge in [-0.3, -0.25) is 4.79 Å². The molecule has 0 saturated carbocycles. The summed E-state index contributed by atoms with van der Waals surface area (Å²) in [4.78, 5) is 23.1. The number of carbonyl (C=O) groups excluding carboxylic acids is 1. The van der Waals surface area contributed by atoms with Gasteiger partial charge in [0.1, 0.15) is 17.2 Å². The van der Waals surface area contributed by atoms with Crippen LogP contribution in [0, 0.1) is 5.82 Å². The number of halogens is 1. The van der Waals surface area contributed by atoms with Crippen molar-refractivity contribution in [2.24, 2.45) is 0 Å². The minimum Gasteiger partial charge on any atom is -0.337 e. The fourth-order valence-corrected chi connectivity index (χ4v) is 3.92. The quantitative estimate of drug-likeness (QED) is 0.477. The molecular formula is C19H22FN5OS. The van der Waals surface area contributed by atoms with Crippen LogP contribution in [0.3, 0.4) is 0 Å². The monoisotopic (exact) mass is 387 g/mol. The zero-order valence-corrected chi connectivity index (χ0v) is 16.6. The molecule has 3 rings (SSSR count). The largest absolute Gasteiger partial charge is 0.337 e. The summed E-state index contributed by atoms with van der Waals surface area (Å²) in [5, 5.41) is 5.82. The highest BCUT2D eigenvalue weighted by Crippen LogP contribution is 2.26. The zero-order chi connectivity index (χ0) is 19.6. The van der Waals surface area contributed by atoms with Gasteiger partial charge < -0.3 is 4.90 Å². The van der Waals surface area contributed by atoms with E-state index in [2.05, 4.69) is 15.1 Å². The highest BCUT2D eigenvalue weighted by molar-refractivity contribution is 8.00. The molecule has 2 aromatic heterocycles. The van der Waals surface area contributed by atoms with Crippen LogP contribution in [-0.4, -0.2) is 48.4 Å². The molecule has 0 atom stereocenters. The molecule has 27 heavy (non-hydrogen) atoms. The second-order valence-electron chi connectivity index (χ2n) is 6.73. The summed E-state index contributed by atoms with van der Waals surface area (Å²) < 4.78 is 14.8. The number of fused-ring (bicyclic) bond motifs is 1. The number of amides is 1. The molecule has 0 aliphatic rings. The van der Waals surface area contributed by atoms with Crippen molar-refractivity contribution in [1.29, 1.82) is 0 Å². The first-order valence-electron chi connectivity index (χ1n) is 8.77. The molecule has 0 saturated heterocycles. The van der Waals surface area contributed by atoms with E-state index in [0.717, 1.165) is 5.39 Å². The second kappa shape index (κ2) is 8.04. The van der Waals surface area contributed by atoms with Crippen LogP contribution in [0.4, 0.5) is 4.39 Å². The van der Waals surface area contributed by atoms with E-state index in [1.807, 2.05) is 32.6 Å². The molecule has 0 spiro atoms. The topological polar surface area (TPSA) is 63.9 Å². The number of nitrogens with zero attached hydrogens (tertiary/aromatic N) is 5. The van der Waals surface area contributed by atoms with E-state index >= 15 is 0 Å². The highest BCUT2D eigenvalue weighted by atomic mass is 32.2. The van der Waals surface area contributed by atoms with Gasteiger partial charge in [-0.05, 0) is 52.0 Å². The fraction of sp³-hybridized carbons (Fsp3) is 0.368. The summed E-state index contributed by atoms with van der Waals surface area (Å²) in [6.07, 6.45) is 3.13. The average molecular weight is 387 g/mol. The van der Waals surface area contributed by atoms with Gasteiger partial charge in [-0.1, -0.05) is 11.8 Å². The molecule has 0 radical (unpaired) electrons. The maximum atomic E-state index is 13.2. The van der Waals surface area contributed by atoms with E-state index in [0.29, 0.717) is 22.1 Å². The second-order valence-corrected chi connectivity index (χ2v) is 7.69. The van der Waals surface area contributed by atoms with Gasteiger partial charge >= 0.3 is 0 Å². The third kappa shape index (κ3) is 4.10. The lowest BCUT2D eigenvalue weighted by atomic mass is 10.2. The smallest absolute Gasteiger partial charge is 0.233 e. The Morgan fingerprint density at radius 2 is 1.81 bits per heavy atom. The third-order valence-corrected chi connectivity index (χ3v) is 5.12. The molecule has 3 aromatic rings. The van der Waals surface area contributed by atoms with Crippen molar-refractivity contribution in [3.8, 4) is 5.69 Å². The number of rotatable bonds is 6. The van der Waals surface area contributed by atoms with Crippen molar-refractivity contribution in [2.45, 2.75) is 44.8 Å². The van der Waals surface area contributed by atoms with E-state index in [1.54, 1.807) is 23.0 Å². The molecule has 0 aliphatic carbocycles. The first-order valence-corrected chi connectivity index (χ1v) is 9.75. The minimum absolute atomic E-state index is 0.0719. The van der Waals surface area contributed by atoms with Gasteiger partial charge in [0.25, 0.3) is 0 Å². The average Bonchev–Trinajstić information content (AvgIpc) is 3.04. The standard InChI is InChI=1S/C19H22FN5OS/c1-12(2)24(13(3)4)17(26)10-27-19-16-9-23-25(18(16)21-11-22-19)15-7-5-14(20)6-8-15/h5-9,11-13H,10H2,1-4H3. The summed E-state index contributed by atoms with van der Waals surface area (Å²) >= 11 is 1.38. The van der Waals surface area contributed by atoms with E-state index in [-0.39, 0.29) is 23.8 Å². The number of carbonyl (C=O) groups is 1. The summed E-state index contributed by atoms with van der Waals surface area (Å²) in [5.41, 5.74) is 1.33. The Labute approximate surface area is 161 Å². The van der Waals surface area contributed by atoms with Gasteiger partial charge in [-0.15, -0.1) is 0 Å². The lowest BCUT2D eigenvalue weighted by Gasteiger charge is -2.30. The van der Waals surface area contributed by atoms with Crippen LogP contribution in [0.2, 0.25) is 0 Å². The van der Waals surface area contributed by atoms with Crippen LogP contribution in [0.5, 0.6) is 0 Å². The number of benzene rings is 1. The molecule has 1 aromatic carbocycles. The maximum absolute atomic E-state index is 13.2. The molecule has 0 unspecified atom stereocenters. The Kier molecular flexibility index (Phi) is 5.74. The Bertz CT molecular complexity index is 931. The molecule has 0 aliphatic heterocycles. The van der Waals surface area contributed by atoms with Crippen LogP contribution in [0.15, 0.2) is 41.8 Å². The lowest BCUT2D eigenvalue weighted by Crippen LogP contribution is -2.43. The lowest BCUT2D eigenvalue weighted by molar-refractivity contribution is -0.131. The Morgan fingerprint density at radius 3 is 2.44 bits per heavy atom. The number of hydrogen-bond donors (Lipinski definition) is 0. The Hall–Kier alpha value is -2.48. The van der Waals surface area contributed by atoms with Gasteiger partial charge in [0, 0.05) is 12.1 Å². The molecule has 0 fully saturated rings. The van der Waals surface area contributed by atoms with E-state index in [1.165, 1.54) is 30.2 Å². The fourth-order valence-electron chi connectivity index (χ4n) is 3.09. The van der Waals surface area contributed by atoms with Gasteiger partial charge in [0.2, 0.25) is 5.91 Å². The van der Waals surface area contributed by atoms with E-state index < -0.39 is 0 Å². The van der Waals surface area contributed by atoms with Crippen LogP contribution in [0.1, 0.15) is 27.7 Å². The number of hydrogen-bond acceptors (Lipinski definition) is 5. The predicted octanol–water partition coefficient (Wildman–Crippen LogP) is 3.69. The van der Waals surface area contributed by atoms with Crippen molar-refractivity contribution < 1.29 is 9.18 Å². The van der Waals surface area contributed by atoms with Gasteiger partial charge in [0.15, 0.2) is 5.65 Å². The van der Waals surface area contributed by atoms with E-state index in [4.69, 9.17) is 0 Å².